The quantitative estimate of drug-likeness (QED) is 0.307. The molecule has 0 aliphatic carbocycles. The first-order chi connectivity index (χ1) is 17.1. The molecule has 0 radical (unpaired) electrons. The number of nitrogens with zero attached hydrogens (tertiary/aromatic N) is 3. The minimum absolute atomic E-state index is 0.207. The maximum Gasteiger partial charge on any atom is 0.277 e. The topological polar surface area (TPSA) is 95.1 Å². The third-order valence-electron chi connectivity index (χ3n) is 5.43. The lowest BCUT2D eigenvalue weighted by Crippen LogP contribution is -2.13. The molecule has 172 valence electrons. The zero-order valence-electron chi connectivity index (χ0n) is 18.8. The molecule has 0 saturated heterocycles. The van der Waals surface area contributed by atoms with Crippen molar-refractivity contribution in [2.75, 3.05) is 11.1 Å². The Balaban J connectivity index is 1.24. The highest BCUT2D eigenvalue weighted by Crippen LogP contribution is 2.27. The summed E-state index contributed by atoms with van der Waals surface area (Å²) in [7, 11) is 0. The summed E-state index contributed by atoms with van der Waals surface area (Å²) < 4.78 is 7.44. The van der Waals surface area contributed by atoms with Crippen molar-refractivity contribution in [2.45, 2.75) is 6.54 Å². The van der Waals surface area contributed by atoms with E-state index >= 15 is 0 Å². The first kappa shape index (κ1) is 21.9. The Morgan fingerprint density at radius 1 is 0.829 bits per heavy atom. The number of anilines is 2. The van der Waals surface area contributed by atoms with E-state index in [4.69, 9.17) is 10.5 Å². The van der Waals surface area contributed by atoms with Crippen LogP contribution < -0.4 is 15.8 Å². The summed E-state index contributed by atoms with van der Waals surface area (Å²) >= 11 is 0. The first-order valence-corrected chi connectivity index (χ1v) is 11.1. The highest BCUT2D eigenvalue weighted by molar-refractivity contribution is 6.04. The molecule has 0 atom stereocenters. The van der Waals surface area contributed by atoms with E-state index in [-0.39, 0.29) is 11.6 Å². The summed E-state index contributed by atoms with van der Waals surface area (Å²) in [5.74, 6) is 1.15. The first-order valence-electron chi connectivity index (χ1n) is 11.1. The highest BCUT2D eigenvalue weighted by Gasteiger charge is 2.14. The maximum absolute atomic E-state index is 12.8. The Morgan fingerprint density at radius 3 is 2.26 bits per heavy atom. The molecule has 5 rings (SSSR count). The third-order valence-corrected chi connectivity index (χ3v) is 5.43. The number of nitrogens with one attached hydrogen (secondary N) is 1. The van der Waals surface area contributed by atoms with Crippen molar-refractivity contribution >= 4 is 17.3 Å². The van der Waals surface area contributed by atoms with E-state index in [1.807, 2.05) is 97.1 Å². The summed E-state index contributed by atoms with van der Waals surface area (Å²) in [5.41, 5.74) is 10.3. The van der Waals surface area contributed by atoms with E-state index in [1.54, 1.807) is 16.9 Å². The Labute approximate surface area is 202 Å². The van der Waals surface area contributed by atoms with Gasteiger partial charge < -0.3 is 15.8 Å². The van der Waals surface area contributed by atoms with Crippen LogP contribution in [0.4, 0.5) is 11.4 Å². The average Bonchev–Trinajstić information content (AvgIpc) is 3.36. The minimum atomic E-state index is -0.375. The fourth-order valence-corrected chi connectivity index (χ4v) is 3.62. The van der Waals surface area contributed by atoms with Gasteiger partial charge in [-0.15, -0.1) is 5.10 Å². The van der Waals surface area contributed by atoms with E-state index in [9.17, 15) is 4.79 Å². The number of carbonyl (C=O) groups excluding carboxylic acids is 1. The van der Waals surface area contributed by atoms with Gasteiger partial charge in [-0.25, -0.2) is 4.68 Å². The summed E-state index contributed by atoms with van der Waals surface area (Å²) in [6.45, 7) is 0.470. The minimum Gasteiger partial charge on any atom is -0.457 e. The fraction of sp³-hybridized carbons (Fsp3) is 0.0357. The van der Waals surface area contributed by atoms with Gasteiger partial charge in [0.1, 0.15) is 11.5 Å². The number of ether oxygens (including phenoxy) is 1. The van der Waals surface area contributed by atoms with Crippen LogP contribution in [-0.4, -0.2) is 20.9 Å². The number of aromatic nitrogens is 3. The lowest BCUT2D eigenvalue weighted by molar-refractivity contribution is 0.102. The van der Waals surface area contributed by atoms with Gasteiger partial charge in [0.2, 0.25) is 0 Å². The van der Waals surface area contributed by atoms with Crippen LogP contribution in [-0.2, 0) is 6.54 Å². The van der Waals surface area contributed by atoms with E-state index in [1.165, 1.54) is 0 Å². The number of nitrogen functional groups attached to an aromatic ring is 1. The lowest BCUT2D eigenvalue weighted by Gasteiger charge is -2.10. The Morgan fingerprint density at radius 2 is 1.51 bits per heavy atom. The van der Waals surface area contributed by atoms with E-state index in [0.29, 0.717) is 17.9 Å². The molecule has 5 aromatic rings. The van der Waals surface area contributed by atoms with Crippen LogP contribution in [0.2, 0.25) is 0 Å². The molecule has 0 saturated carbocycles. The van der Waals surface area contributed by atoms with Gasteiger partial charge in [0.25, 0.3) is 5.91 Å². The monoisotopic (exact) mass is 461 g/mol. The van der Waals surface area contributed by atoms with E-state index in [2.05, 4.69) is 15.6 Å². The second-order valence-corrected chi connectivity index (χ2v) is 7.98. The van der Waals surface area contributed by atoms with Gasteiger partial charge in [-0.05, 0) is 53.1 Å². The molecule has 0 bridgehead atoms. The molecular formula is C28H23N5O2. The van der Waals surface area contributed by atoms with Crippen LogP contribution in [0.1, 0.15) is 16.1 Å². The van der Waals surface area contributed by atoms with Crippen molar-refractivity contribution in [2.24, 2.45) is 0 Å². The van der Waals surface area contributed by atoms with E-state index < -0.39 is 0 Å². The van der Waals surface area contributed by atoms with Gasteiger partial charge in [-0.3, -0.25) is 4.79 Å². The van der Waals surface area contributed by atoms with Gasteiger partial charge in [-0.2, -0.15) is 0 Å². The molecule has 0 fully saturated rings. The number of hydrogen-bond donors (Lipinski definition) is 2. The van der Waals surface area contributed by atoms with Crippen LogP contribution in [0, 0.1) is 0 Å². The Hall–Kier alpha value is -4.91. The van der Waals surface area contributed by atoms with Crippen molar-refractivity contribution in [1.82, 2.24) is 15.0 Å². The predicted molar refractivity (Wildman–Crippen MR) is 136 cm³/mol. The zero-order valence-corrected chi connectivity index (χ0v) is 18.8. The predicted octanol–water partition coefficient (Wildman–Crippen LogP) is 5.62. The average molecular weight is 462 g/mol. The molecule has 0 unspecified atom stereocenters. The van der Waals surface area contributed by atoms with Crippen LogP contribution in [0.15, 0.2) is 109 Å². The van der Waals surface area contributed by atoms with Crippen molar-refractivity contribution < 1.29 is 9.53 Å². The molecule has 35 heavy (non-hydrogen) atoms. The van der Waals surface area contributed by atoms with Gasteiger partial charge in [0.05, 0.1) is 24.1 Å². The van der Waals surface area contributed by atoms with E-state index in [0.717, 1.165) is 28.2 Å². The van der Waals surface area contributed by atoms with Gasteiger partial charge >= 0.3 is 0 Å². The second kappa shape index (κ2) is 9.93. The second-order valence-electron chi connectivity index (χ2n) is 7.98. The van der Waals surface area contributed by atoms with Crippen LogP contribution >= 0.6 is 0 Å². The molecule has 0 spiro atoms. The third kappa shape index (κ3) is 5.36. The largest absolute Gasteiger partial charge is 0.457 e. The molecular weight excluding hydrogens is 438 g/mol. The smallest absolute Gasteiger partial charge is 0.277 e. The molecule has 0 aliphatic heterocycles. The number of rotatable bonds is 7. The lowest BCUT2D eigenvalue weighted by atomic mass is 10.0. The van der Waals surface area contributed by atoms with Crippen LogP contribution in [0.25, 0.3) is 11.1 Å². The maximum atomic E-state index is 12.8. The normalized spacial score (nSPS) is 10.6. The molecule has 4 aromatic carbocycles. The summed E-state index contributed by atoms with van der Waals surface area (Å²) in [6, 6.07) is 32.8. The number of nitrogens with two attached hydrogens (primary N) is 1. The summed E-state index contributed by atoms with van der Waals surface area (Å²) in [4.78, 5) is 12.8. The van der Waals surface area contributed by atoms with Crippen LogP contribution in [0.3, 0.4) is 0 Å². The number of amides is 1. The molecule has 3 N–H and O–H groups in total. The molecule has 0 aliphatic rings. The number of carbonyl (C=O) groups is 1. The summed E-state index contributed by atoms with van der Waals surface area (Å²) in [6.07, 6.45) is 1.61. The zero-order chi connectivity index (χ0) is 24.0. The fourth-order valence-electron chi connectivity index (χ4n) is 3.62. The van der Waals surface area contributed by atoms with Gasteiger partial charge in [-0.1, -0.05) is 71.9 Å². The standard InChI is InChI=1S/C28H23N5O2/c29-25-16-13-22(21-7-3-1-4-8-21)17-26(25)30-28(34)27-19-33(32-31-27)18-20-11-14-24(15-12-20)35-23-9-5-2-6-10-23/h1-17,19H,18,29H2,(H,30,34). The van der Waals surface area contributed by atoms with Crippen molar-refractivity contribution in [3.05, 3.63) is 121 Å². The van der Waals surface area contributed by atoms with Crippen molar-refractivity contribution in [3.8, 4) is 22.6 Å². The summed E-state index contributed by atoms with van der Waals surface area (Å²) in [5, 5.41) is 11.0. The Bertz CT molecular complexity index is 1430. The molecule has 1 amide bonds. The molecule has 1 heterocycles. The molecule has 7 heteroatoms. The Kier molecular flexibility index (Phi) is 6.21. The van der Waals surface area contributed by atoms with Gasteiger partial charge in [0, 0.05) is 0 Å². The molecule has 7 nitrogen and oxygen atoms in total. The number of hydrogen-bond acceptors (Lipinski definition) is 5. The van der Waals surface area contributed by atoms with Gasteiger partial charge in [0.15, 0.2) is 5.69 Å². The SMILES string of the molecule is Nc1ccc(-c2ccccc2)cc1NC(=O)c1cn(Cc2ccc(Oc3ccccc3)cc2)nn1. The van der Waals surface area contributed by atoms with Crippen LogP contribution in [0.5, 0.6) is 11.5 Å². The number of benzene rings is 4. The van der Waals surface area contributed by atoms with Crippen molar-refractivity contribution in [1.29, 1.82) is 0 Å². The number of para-hydroxylation sites is 1. The highest BCUT2D eigenvalue weighted by atomic mass is 16.5. The van der Waals surface area contributed by atoms with Crippen molar-refractivity contribution in [3.63, 3.8) is 0 Å². The molecule has 1 aromatic heterocycles.